The van der Waals surface area contributed by atoms with Crippen LogP contribution in [0.1, 0.15) is 24.1 Å². The molecule has 3 rings (SSSR count). The SMILES string of the molecule is Cc1ccc(CC(C)n2cnc3c(=O)[nH]c(N)nc32)cc1. The summed E-state index contributed by atoms with van der Waals surface area (Å²) in [4.78, 5) is 22.6. The molecule has 1 aromatic carbocycles. The largest absolute Gasteiger partial charge is 0.369 e. The Kier molecular flexibility index (Phi) is 3.21. The first-order valence-electron chi connectivity index (χ1n) is 6.82. The lowest BCUT2D eigenvalue weighted by Crippen LogP contribution is -2.14. The first-order valence-corrected chi connectivity index (χ1v) is 6.82. The van der Waals surface area contributed by atoms with Crippen LogP contribution >= 0.6 is 0 Å². The second kappa shape index (κ2) is 5.05. The highest BCUT2D eigenvalue weighted by Crippen LogP contribution is 2.18. The lowest BCUT2D eigenvalue weighted by Gasteiger charge is -2.14. The van der Waals surface area contributed by atoms with Crippen molar-refractivity contribution in [2.75, 3.05) is 5.73 Å². The summed E-state index contributed by atoms with van der Waals surface area (Å²) in [6, 6.07) is 8.54. The summed E-state index contributed by atoms with van der Waals surface area (Å²) >= 11 is 0. The van der Waals surface area contributed by atoms with Crippen molar-refractivity contribution >= 4 is 17.1 Å². The smallest absolute Gasteiger partial charge is 0.280 e. The Morgan fingerprint density at radius 1 is 1.33 bits per heavy atom. The fraction of sp³-hybridized carbons (Fsp3) is 0.267. The maximum absolute atomic E-state index is 11.8. The van der Waals surface area contributed by atoms with Gasteiger partial charge in [-0.15, -0.1) is 0 Å². The Labute approximate surface area is 121 Å². The molecule has 1 atom stereocenters. The highest BCUT2D eigenvalue weighted by molar-refractivity contribution is 5.70. The van der Waals surface area contributed by atoms with Crippen LogP contribution in [0.2, 0.25) is 0 Å². The van der Waals surface area contributed by atoms with E-state index in [2.05, 4.69) is 53.1 Å². The minimum Gasteiger partial charge on any atom is -0.369 e. The number of nitrogens with zero attached hydrogens (tertiary/aromatic N) is 3. The van der Waals surface area contributed by atoms with Crippen molar-refractivity contribution in [2.45, 2.75) is 26.3 Å². The molecule has 3 N–H and O–H groups in total. The molecule has 0 aliphatic carbocycles. The average Bonchev–Trinajstić information content (AvgIpc) is 2.85. The number of hydrogen-bond acceptors (Lipinski definition) is 4. The molecular weight excluding hydrogens is 266 g/mol. The van der Waals surface area contributed by atoms with E-state index >= 15 is 0 Å². The normalized spacial score (nSPS) is 12.7. The first kappa shape index (κ1) is 13.4. The molecule has 3 aromatic rings. The van der Waals surface area contributed by atoms with Gasteiger partial charge in [-0.25, -0.2) is 4.98 Å². The third kappa shape index (κ3) is 2.52. The molecule has 0 saturated carbocycles. The minimum absolute atomic E-state index is 0.108. The van der Waals surface area contributed by atoms with Crippen LogP contribution in [0.4, 0.5) is 5.95 Å². The van der Waals surface area contributed by atoms with Gasteiger partial charge in [0.25, 0.3) is 5.56 Å². The van der Waals surface area contributed by atoms with E-state index in [0.717, 1.165) is 6.42 Å². The number of aromatic amines is 1. The number of nitrogen functional groups attached to an aromatic ring is 1. The Morgan fingerprint density at radius 2 is 2.05 bits per heavy atom. The van der Waals surface area contributed by atoms with Crippen LogP contribution in [0.15, 0.2) is 35.4 Å². The average molecular weight is 283 g/mol. The van der Waals surface area contributed by atoms with E-state index in [1.807, 2.05) is 4.57 Å². The number of H-pyrrole nitrogens is 1. The summed E-state index contributed by atoms with van der Waals surface area (Å²) in [5, 5.41) is 0. The Morgan fingerprint density at radius 3 is 2.76 bits per heavy atom. The van der Waals surface area contributed by atoms with E-state index in [1.165, 1.54) is 11.1 Å². The number of imidazole rings is 1. The van der Waals surface area contributed by atoms with Crippen LogP contribution in [-0.4, -0.2) is 19.5 Å². The van der Waals surface area contributed by atoms with Crippen molar-refractivity contribution in [3.63, 3.8) is 0 Å². The molecule has 6 nitrogen and oxygen atoms in total. The number of aryl methyl sites for hydroxylation is 1. The molecule has 0 radical (unpaired) electrons. The Bertz CT molecular complexity index is 831. The molecule has 1 unspecified atom stereocenters. The van der Waals surface area contributed by atoms with Gasteiger partial charge in [0.2, 0.25) is 5.95 Å². The Hall–Kier alpha value is -2.63. The lowest BCUT2D eigenvalue weighted by atomic mass is 10.1. The fourth-order valence-electron chi connectivity index (χ4n) is 2.43. The first-order chi connectivity index (χ1) is 10.0. The van der Waals surface area contributed by atoms with E-state index in [1.54, 1.807) is 6.33 Å². The van der Waals surface area contributed by atoms with Crippen LogP contribution in [0.25, 0.3) is 11.2 Å². The van der Waals surface area contributed by atoms with Gasteiger partial charge in [-0.2, -0.15) is 4.98 Å². The van der Waals surface area contributed by atoms with Gasteiger partial charge >= 0.3 is 0 Å². The number of benzene rings is 1. The summed E-state index contributed by atoms with van der Waals surface area (Å²) in [5.41, 5.74) is 8.62. The zero-order valence-electron chi connectivity index (χ0n) is 12.0. The summed E-state index contributed by atoms with van der Waals surface area (Å²) in [7, 11) is 0. The number of anilines is 1. The predicted molar refractivity (Wildman–Crippen MR) is 82.2 cm³/mol. The molecule has 21 heavy (non-hydrogen) atoms. The van der Waals surface area contributed by atoms with Gasteiger partial charge in [0, 0.05) is 6.04 Å². The van der Waals surface area contributed by atoms with Crippen molar-refractivity contribution in [1.82, 2.24) is 19.5 Å². The maximum atomic E-state index is 11.8. The number of nitrogens with one attached hydrogen (secondary N) is 1. The van der Waals surface area contributed by atoms with Crippen LogP contribution in [0.3, 0.4) is 0 Å². The summed E-state index contributed by atoms with van der Waals surface area (Å²) < 4.78 is 1.89. The second-order valence-corrected chi connectivity index (χ2v) is 5.31. The molecule has 0 saturated heterocycles. The van der Waals surface area contributed by atoms with E-state index in [4.69, 9.17) is 5.73 Å². The molecule has 2 heterocycles. The summed E-state index contributed by atoms with van der Waals surface area (Å²) in [6.07, 6.45) is 2.48. The van der Waals surface area contributed by atoms with Gasteiger partial charge in [0.15, 0.2) is 11.2 Å². The van der Waals surface area contributed by atoms with Gasteiger partial charge in [-0.3, -0.25) is 9.78 Å². The van der Waals surface area contributed by atoms with Gasteiger partial charge in [0.1, 0.15) is 0 Å². The summed E-state index contributed by atoms with van der Waals surface area (Å²) in [5.74, 6) is 0.108. The van der Waals surface area contributed by atoms with Crippen LogP contribution in [-0.2, 0) is 6.42 Å². The topological polar surface area (TPSA) is 89.6 Å². The van der Waals surface area contributed by atoms with Gasteiger partial charge < -0.3 is 10.3 Å². The van der Waals surface area contributed by atoms with Crippen molar-refractivity contribution in [3.05, 3.63) is 52.1 Å². The van der Waals surface area contributed by atoms with Gasteiger partial charge in [-0.05, 0) is 25.8 Å². The number of fused-ring (bicyclic) bond motifs is 1. The molecule has 0 aliphatic heterocycles. The molecule has 0 aliphatic rings. The van der Waals surface area contributed by atoms with E-state index in [-0.39, 0.29) is 17.5 Å². The molecule has 108 valence electrons. The number of nitrogens with two attached hydrogens (primary N) is 1. The van der Waals surface area contributed by atoms with E-state index in [9.17, 15) is 4.79 Å². The molecule has 0 amide bonds. The molecule has 0 bridgehead atoms. The highest BCUT2D eigenvalue weighted by atomic mass is 16.1. The Balaban J connectivity index is 1.96. The number of hydrogen-bond donors (Lipinski definition) is 2. The van der Waals surface area contributed by atoms with Crippen molar-refractivity contribution < 1.29 is 0 Å². The quantitative estimate of drug-likeness (QED) is 0.767. The van der Waals surface area contributed by atoms with Crippen LogP contribution in [0, 0.1) is 6.92 Å². The van der Waals surface area contributed by atoms with Crippen molar-refractivity contribution in [2.24, 2.45) is 0 Å². The molecule has 0 fully saturated rings. The summed E-state index contributed by atoms with van der Waals surface area (Å²) in [6.45, 7) is 4.13. The standard InChI is InChI=1S/C15H17N5O/c1-9-3-5-11(6-4-9)7-10(2)20-8-17-12-13(20)18-15(16)19-14(12)21/h3-6,8,10H,7H2,1-2H3,(H3,16,18,19,21). The number of rotatable bonds is 3. The lowest BCUT2D eigenvalue weighted by molar-refractivity contribution is 0.555. The zero-order valence-corrected chi connectivity index (χ0v) is 12.0. The minimum atomic E-state index is -0.307. The zero-order chi connectivity index (χ0) is 15.0. The van der Waals surface area contributed by atoms with Crippen molar-refractivity contribution in [3.8, 4) is 0 Å². The molecule has 2 aromatic heterocycles. The third-order valence-electron chi connectivity index (χ3n) is 3.58. The van der Waals surface area contributed by atoms with Gasteiger partial charge in [-0.1, -0.05) is 29.8 Å². The molecular formula is C15H17N5O. The molecule has 0 spiro atoms. The van der Waals surface area contributed by atoms with Crippen LogP contribution in [0.5, 0.6) is 0 Å². The van der Waals surface area contributed by atoms with Gasteiger partial charge in [0.05, 0.1) is 6.33 Å². The third-order valence-corrected chi connectivity index (χ3v) is 3.58. The molecule has 6 heteroatoms. The van der Waals surface area contributed by atoms with Crippen molar-refractivity contribution in [1.29, 1.82) is 0 Å². The monoisotopic (exact) mass is 283 g/mol. The fourth-order valence-corrected chi connectivity index (χ4v) is 2.43. The van der Waals surface area contributed by atoms with E-state index in [0.29, 0.717) is 11.2 Å². The maximum Gasteiger partial charge on any atom is 0.280 e. The number of aromatic nitrogens is 4. The van der Waals surface area contributed by atoms with Crippen LogP contribution < -0.4 is 11.3 Å². The predicted octanol–water partition coefficient (Wildman–Crippen LogP) is 1.81. The second-order valence-electron chi connectivity index (χ2n) is 5.31. The van der Waals surface area contributed by atoms with E-state index < -0.39 is 0 Å². The highest BCUT2D eigenvalue weighted by Gasteiger charge is 2.14.